The van der Waals surface area contributed by atoms with E-state index in [1.165, 1.54) is 103 Å². The highest BCUT2D eigenvalue weighted by atomic mass is 31.2. The van der Waals surface area contributed by atoms with Crippen molar-refractivity contribution in [1.29, 1.82) is 0 Å². The van der Waals surface area contributed by atoms with Gasteiger partial charge < -0.3 is 20.1 Å². The van der Waals surface area contributed by atoms with Crippen molar-refractivity contribution in [2.45, 2.75) is 264 Å². The third-order valence-electron chi connectivity index (χ3n) is 13.0. The number of hydrogen-bond acceptors (Lipinski definition) is 8. The van der Waals surface area contributed by atoms with Crippen molar-refractivity contribution < 1.29 is 37.6 Å². The Labute approximate surface area is 484 Å². The molecule has 0 aliphatic heterocycles. The van der Waals surface area contributed by atoms with Gasteiger partial charge in [-0.15, -0.1) is 0 Å². The van der Waals surface area contributed by atoms with Gasteiger partial charge in [-0.2, -0.15) is 0 Å². The molecule has 0 aliphatic carbocycles. The van der Waals surface area contributed by atoms with Gasteiger partial charge in [0.25, 0.3) is 0 Å². The lowest BCUT2D eigenvalue weighted by molar-refractivity contribution is -0.161. The van der Waals surface area contributed by atoms with Crippen LogP contribution in [0.2, 0.25) is 0 Å². The third-order valence-corrected chi connectivity index (χ3v) is 14.0. The van der Waals surface area contributed by atoms with Gasteiger partial charge in [0.05, 0.1) is 13.2 Å². The topological polar surface area (TPSA) is 134 Å². The van der Waals surface area contributed by atoms with Crippen LogP contribution >= 0.6 is 7.82 Å². The van der Waals surface area contributed by atoms with Crippen LogP contribution < -0.4 is 5.73 Å². The Balaban J connectivity index is 3.96. The van der Waals surface area contributed by atoms with Gasteiger partial charge in [-0.05, 0) is 116 Å². The van der Waals surface area contributed by atoms with Crippen LogP contribution in [-0.4, -0.2) is 49.3 Å². The average Bonchev–Trinajstić information content (AvgIpc) is 3.44. The molecule has 79 heavy (non-hydrogen) atoms. The summed E-state index contributed by atoms with van der Waals surface area (Å²) in [5.74, 6) is -0.839. The molecule has 0 heterocycles. The largest absolute Gasteiger partial charge is 0.472 e. The maximum absolute atomic E-state index is 12.7. The molecule has 0 saturated carbocycles. The second-order valence-electron chi connectivity index (χ2n) is 20.5. The lowest BCUT2D eigenvalue weighted by Crippen LogP contribution is -2.29. The van der Waals surface area contributed by atoms with Crippen LogP contribution in [0, 0.1) is 0 Å². The number of carbonyl (C=O) groups excluding carboxylic acids is 2. The summed E-state index contributed by atoms with van der Waals surface area (Å²) >= 11 is 0. The second kappa shape index (κ2) is 63.3. The molecule has 0 saturated heterocycles. The lowest BCUT2D eigenvalue weighted by atomic mass is 10.0. The molecule has 450 valence electrons. The minimum absolute atomic E-state index is 0.0469. The summed E-state index contributed by atoms with van der Waals surface area (Å²) in [5, 5.41) is 0. The van der Waals surface area contributed by atoms with E-state index in [9.17, 15) is 19.0 Å². The fourth-order valence-electron chi connectivity index (χ4n) is 8.36. The second-order valence-corrected chi connectivity index (χ2v) is 22.0. The summed E-state index contributed by atoms with van der Waals surface area (Å²) < 4.78 is 33.1. The van der Waals surface area contributed by atoms with Gasteiger partial charge in [-0.25, -0.2) is 4.57 Å². The zero-order valence-corrected chi connectivity index (χ0v) is 51.2. The van der Waals surface area contributed by atoms with E-state index in [-0.39, 0.29) is 38.6 Å². The highest BCUT2D eigenvalue weighted by Gasteiger charge is 2.26. The van der Waals surface area contributed by atoms with Crippen LogP contribution in [0.25, 0.3) is 0 Å². The van der Waals surface area contributed by atoms with E-state index in [2.05, 4.69) is 148 Å². The number of nitrogens with two attached hydrogens (primary N) is 1. The minimum Gasteiger partial charge on any atom is -0.462 e. The third kappa shape index (κ3) is 63.2. The van der Waals surface area contributed by atoms with E-state index in [0.717, 1.165) is 122 Å². The molecule has 0 fully saturated rings. The van der Waals surface area contributed by atoms with Crippen LogP contribution in [0.4, 0.5) is 0 Å². The van der Waals surface area contributed by atoms with E-state index >= 15 is 0 Å². The first-order valence-electron chi connectivity index (χ1n) is 31.7. The zero-order chi connectivity index (χ0) is 57.3. The summed E-state index contributed by atoms with van der Waals surface area (Å²) in [6.07, 6.45) is 89.4. The maximum atomic E-state index is 12.7. The normalized spacial score (nSPS) is 13.9. The molecule has 2 unspecified atom stereocenters. The van der Waals surface area contributed by atoms with Crippen molar-refractivity contribution in [2.75, 3.05) is 26.4 Å². The van der Waals surface area contributed by atoms with Gasteiger partial charge in [0, 0.05) is 19.4 Å². The molecule has 0 aromatic rings. The van der Waals surface area contributed by atoms with E-state index in [1.807, 2.05) is 0 Å². The number of carbonyl (C=O) groups is 2. The fraction of sp³-hybridized carbons (Fsp3) is 0.652. The SMILES string of the molecule is CC/C=C\C/C=C\C/C=C\C/C=C\C/C=C\C/C=C\C/C=C\C/C=C\C/C=C\CCCCCCCCCCCCCC(=O)OC(COC(=O)CCCCCCCCCCC/C=C\C/C=C\CCCCC)COP(=O)(O)OCCN. The molecule has 10 heteroatoms. The first-order valence-corrected chi connectivity index (χ1v) is 33.2. The molecule has 0 radical (unpaired) electrons. The van der Waals surface area contributed by atoms with Crippen molar-refractivity contribution in [3.05, 3.63) is 134 Å². The Hall–Kier alpha value is -3.85. The summed E-state index contributed by atoms with van der Waals surface area (Å²) in [4.78, 5) is 35.2. The van der Waals surface area contributed by atoms with Crippen molar-refractivity contribution >= 4 is 19.8 Å². The van der Waals surface area contributed by atoms with E-state index in [0.29, 0.717) is 6.42 Å². The highest BCUT2D eigenvalue weighted by molar-refractivity contribution is 7.47. The summed E-state index contributed by atoms with van der Waals surface area (Å²) in [7, 11) is -4.40. The van der Waals surface area contributed by atoms with Crippen LogP contribution in [0.5, 0.6) is 0 Å². The number of ether oxygens (including phenoxy) is 2. The minimum atomic E-state index is -4.40. The Morgan fingerprint density at radius 3 is 1.04 bits per heavy atom. The standard InChI is InChI=1S/C69H116NO8P/c1-3-5-7-9-11-13-15-17-19-21-23-24-25-26-27-28-29-30-31-32-33-34-35-36-37-38-39-40-41-42-44-46-48-50-52-54-56-58-60-62-69(72)78-67(66-77-79(73,74)76-64-63-70)65-75-68(71)61-59-57-55-53-51-49-47-45-43-22-20-18-16-14-12-10-8-6-4-2/h5,7,11-14,17-20,23-24,26-27,29-30,32-33,35-36,38-39,67H,3-4,6,8-10,15-16,21-22,25,28,31,34,37,40-66,70H2,1-2H3,(H,73,74)/b7-5-,13-11-,14-12-,19-17-,20-18-,24-23-,27-26-,30-29-,33-32-,36-35-,39-38-. The number of unbranched alkanes of at least 4 members (excludes halogenated alkanes) is 23. The van der Waals surface area contributed by atoms with Gasteiger partial charge in [0.1, 0.15) is 6.61 Å². The van der Waals surface area contributed by atoms with Crippen molar-refractivity contribution in [3.63, 3.8) is 0 Å². The quantitative estimate of drug-likeness (QED) is 0.0264. The van der Waals surface area contributed by atoms with Gasteiger partial charge in [-0.1, -0.05) is 263 Å². The van der Waals surface area contributed by atoms with Gasteiger partial charge >= 0.3 is 19.8 Å². The predicted molar refractivity (Wildman–Crippen MR) is 339 cm³/mol. The lowest BCUT2D eigenvalue weighted by Gasteiger charge is -2.19. The molecule has 0 spiro atoms. The summed E-state index contributed by atoms with van der Waals surface area (Å²) in [5.41, 5.74) is 5.39. The van der Waals surface area contributed by atoms with Crippen LogP contribution in [-0.2, 0) is 32.7 Å². The van der Waals surface area contributed by atoms with Gasteiger partial charge in [-0.3, -0.25) is 18.6 Å². The molecule has 0 rings (SSSR count). The number of esters is 2. The zero-order valence-electron chi connectivity index (χ0n) is 50.3. The number of hydrogen-bond donors (Lipinski definition) is 2. The van der Waals surface area contributed by atoms with E-state index < -0.39 is 26.5 Å². The number of allylic oxidation sites excluding steroid dienone is 22. The Kier molecular flexibility index (Phi) is 60.2. The average molecular weight is 1120 g/mol. The number of phosphoric ester groups is 1. The first kappa shape index (κ1) is 75.2. The Morgan fingerprint density at radius 2 is 0.696 bits per heavy atom. The monoisotopic (exact) mass is 1120 g/mol. The van der Waals surface area contributed by atoms with Crippen molar-refractivity contribution in [3.8, 4) is 0 Å². The molecule has 3 N–H and O–H groups in total. The fourth-order valence-corrected chi connectivity index (χ4v) is 9.13. The van der Waals surface area contributed by atoms with Crippen LogP contribution in [0.15, 0.2) is 134 Å². The molecule has 9 nitrogen and oxygen atoms in total. The van der Waals surface area contributed by atoms with E-state index in [4.69, 9.17) is 24.3 Å². The Bertz CT molecular complexity index is 1750. The summed E-state index contributed by atoms with van der Waals surface area (Å²) in [6, 6.07) is 0. The molecule has 0 aromatic heterocycles. The number of phosphoric acid groups is 1. The Morgan fingerprint density at radius 1 is 0.392 bits per heavy atom. The van der Waals surface area contributed by atoms with Crippen molar-refractivity contribution in [1.82, 2.24) is 0 Å². The first-order chi connectivity index (χ1) is 38.8. The van der Waals surface area contributed by atoms with Crippen LogP contribution in [0.1, 0.15) is 258 Å². The van der Waals surface area contributed by atoms with Crippen LogP contribution in [0.3, 0.4) is 0 Å². The molecular weight excluding hydrogens is 1000 g/mol. The maximum Gasteiger partial charge on any atom is 0.472 e. The van der Waals surface area contributed by atoms with Gasteiger partial charge in [0.2, 0.25) is 0 Å². The molecule has 0 aromatic carbocycles. The van der Waals surface area contributed by atoms with Crippen molar-refractivity contribution in [2.24, 2.45) is 5.73 Å². The number of rotatable bonds is 58. The molecule has 0 aliphatic rings. The predicted octanol–water partition coefficient (Wildman–Crippen LogP) is 20.5. The van der Waals surface area contributed by atoms with Gasteiger partial charge in [0.15, 0.2) is 6.10 Å². The molecule has 0 amide bonds. The molecule has 0 bridgehead atoms. The molecular formula is C69H116NO8P. The highest BCUT2D eigenvalue weighted by Crippen LogP contribution is 2.43. The van der Waals surface area contributed by atoms with E-state index in [1.54, 1.807) is 0 Å². The summed E-state index contributed by atoms with van der Waals surface area (Å²) in [6.45, 7) is 3.60. The smallest absolute Gasteiger partial charge is 0.462 e. The molecule has 2 atom stereocenters.